The zero-order valence-electron chi connectivity index (χ0n) is 14.0. The number of hydrogen-bond acceptors (Lipinski definition) is 7. The summed E-state index contributed by atoms with van der Waals surface area (Å²) >= 11 is 0. The van der Waals surface area contributed by atoms with E-state index in [1.807, 2.05) is 0 Å². The van der Waals surface area contributed by atoms with E-state index in [1.54, 1.807) is 36.5 Å². The summed E-state index contributed by atoms with van der Waals surface area (Å²) in [5.74, 6) is -0.764. The van der Waals surface area contributed by atoms with E-state index in [-0.39, 0.29) is 36.6 Å². The van der Waals surface area contributed by atoms with Crippen LogP contribution in [0.25, 0.3) is 11.6 Å². The van der Waals surface area contributed by atoms with Gasteiger partial charge < -0.3 is 4.42 Å². The highest BCUT2D eigenvalue weighted by Crippen LogP contribution is 2.23. The third-order valence-corrected chi connectivity index (χ3v) is 3.97. The van der Waals surface area contributed by atoms with Gasteiger partial charge in [0.15, 0.2) is 0 Å². The minimum atomic E-state index is -0.461. The van der Waals surface area contributed by atoms with E-state index in [0.717, 1.165) is 4.90 Å². The third kappa shape index (κ3) is 3.30. The molecule has 1 aliphatic rings. The number of imide groups is 1. The van der Waals surface area contributed by atoms with Gasteiger partial charge in [0.1, 0.15) is 5.69 Å². The standard InChI is InChI=1S/C18H13N5O4/c24-14-8-9-15(25)23(14)12-6-4-11(5-7-12)16(26)20-18-22-21-17(27-18)13-3-1-2-10-19-13/h1-7,10H,8-9H2,(H,20,22,26). The Morgan fingerprint density at radius 1 is 1.00 bits per heavy atom. The van der Waals surface area contributed by atoms with Gasteiger partial charge >= 0.3 is 6.01 Å². The molecule has 0 bridgehead atoms. The molecule has 9 heteroatoms. The molecule has 3 aromatic rings. The molecule has 3 amide bonds. The van der Waals surface area contributed by atoms with E-state index in [9.17, 15) is 14.4 Å². The molecule has 0 aliphatic carbocycles. The molecule has 1 N–H and O–H groups in total. The number of aromatic nitrogens is 3. The molecule has 4 rings (SSSR count). The maximum atomic E-state index is 12.3. The van der Waals surface area contributed by atoms with E-state index in [4.69, 9.17) is 4.42 Å². The minimum Gasteiger partial charge on any atom is -0.401 e. The fourth-order valence-corrected chi connectivity index (χ4v) is 2.66. The fraction of sp³-hybridized carbons (Fsp3) is 0.111. The fourth-order valence-electron chi connectivity index (χ4n) is 2.66. The molecule has 1 fully saturated rings. The topological polar surface area (TPSA) is 118 Å². The van der Waals surface area contributed by atoms with Gasteiger partial charge in [-0.2, -0.15) is 0 Å². The molecular formula is C18H13N5O4. The van der Waals surface area contributed by atoms with Crippen LogP contribution in [0.4, 0.5) is 11.7 Å². The van der Waals surface area contributed by atoms with Crippen molar-refractivity contribution in [3.05, 3.63) is 54.2 Å². The van der Waals surface area contributed by atoms with Gasteiger partial charge in [-0.1, -0.05) is 11.2 Å². The highest BCUT2D eigenvalue weighted by Gasteiger charge is 2.30. The van der Waals surface area contributed by atoms with Crippen molar-refractivity contribution in [2.24, 2.45) is 0 Å². The smallest absolute Gasteiger partial charge is 0.322 e. The SMILES string of the molecule is O=C(Nc1nnc(-c2ccccn2)o1)c1ccc(N2C(=O)CCC2=O)cc1. The van der Waals surface area contributed by atoms with E-state index in [1.165, 1.54) is 12.1 Å². The summed E-state index contributed by atoms with van der Waals surface area (Å²) in [5.41, 5.74) is 1.25. The summed E-state index contributed by atoms with van der Waals surface area (Å²) in [7, 11) is 0. The van der Waals surface area contributed by atoms with Gasteiger partial charge in [-0.15, -0.1) is 5.10 Å². The average Bonchev–Trinajstić information content (AvgIpc) is 3.29. The van der Waals surface area contributed by atoms with Crippen LogP contribution in [-0.4, -0.2) is 32.9 Å². The van der Waals surface area contributed by atoms with E-state index >= 15 is 0 Å². The zero-order chi connectivity index (χ0) is 18.8. The first-order valence-electron chi connectivity index (χ1n) is 8.14. The molecule has 0 radical (unpaired) electrons. The van der Waals surface area contributed by atoms with E-state index in [2.05, 4.69) is 20.5 Å². The number of anilines is 2. The van der Waals surface area contributed by atoms with Gasteiger partial charge in [0.2, 0.25) is 11.8 Å². The molecule has 0 spiro atoms. The Bertz CT molecular complexity index is 998. The molecule has 2 aromatic heterocycles. The van der Waals surface area contributed by atoms with Crippen LogP contribution < -0.4 is 10.2 Å². The molecule has 1 saturated heterocycles. The number of nitrogens with zero attached hydrogens (tertiary/aromatic N) is 4. The van der Waals surface area contributed by atoms with Crippen LogP contribution in [0.2, 0.25) is 0 Å². The number of nitrogens with one attached hydrogen (secondary N) is 1. The van der Waals surface area contributed by atoms with Crippen LogP contribution in [0.5, 0.6) is 0 Å². The molecule has 3 heterocycles. The van der Waals surface area contributed by atoms with Gasteiger partial charge in [0.25, 0.3) is 11.8 Å². The lowest BCUT2D eigenvalue weighted by Gasteiger charge is -2.13. The number of rotatable bonds is 4. The average molecular weight is 363 g/mol. The van der Waals surface area contributed by atoms with Crippen LogP contribution in [0, 0.1) is 0 Å². The van der Waals surface area contributed by atoms with Crippen molar-refractivity contribution >= 4 is 29.4 Å². The van der Waals surface area contributed by atoms with E-state index < -0.39 is 5.91 Å². The number of benzene rings is 1. The van der Waals surface area contributed by atoms with Crippen LogP contribution >= 0.6 is 0 Å². The van der Waals surface area contributed by atoms with Crippen LogP contribution in [0.15, 0.2) is 53.1 Å². The second kappa shape index (κ2) is 6.79. The van der Waals surface area contributed by atoms with Gasteiger partial charge in [0.05, 0.1) is 5.69 Å². The molecular weight excluding hydrogens is 350 g/mol. The normalized spacial score (nSPS) is 13.9. The van der Waals surface area contributed by atoms with Crippen molar-refractivity contribution < 1.29 is 18.8 Å². The van der Waals surface area contributed by atoms with Gasteiger partial charge in [-0.05, 0) is 36.4 Å². The lowest BCUT2D eigenvalue weighted by molar-refractivity contribution is -0.121. The number of pyridine rings is 1. The van der Waals surface area contributed by atoms with Gasteiger partial charge in [-0.25, -0.2) is 0 Å². The molecule has 1 aliphatic heterocycles. The van der Waals surface area contributed by atoms with Crippen molar-refractivity contribution in [2.75, 3.05) is 10.2 Å². The van der Waals surface area contributed by atoms with Crippen LogP contribution in [0.1, 0.15) is 23.2 Å². The number of carbonyl (C=O) groups excluding carboxylic acids is 3. The predicted molar refractivity (Wildman–Crippen MR) is 93.7 cm³/mol. The van der Waals surface area contributed by atoms with E-state index in [0.29, 0.717) is 16.9 Å². The minimum absolute atomic E-state index is 0.0605. The highest BCUT2D eigenvalue weighted by atomic mass is 16.4. The summed E-state index contributed by atoms with van der Waals surface area (Å²) < 4.78 is 5.38. The largest absolute Gasteiger partial charge is 0.401 e. The molecule has 1 aromatic carbocycles. The molecule has 0 unspecified atom stereocenters. The van der Waals surface area contributed by atoms with Crippen LogP contribution in [0.3, 0.4) is 0 Å². The molecule has 27 heavy (non-hydrogen) atoms. The molecule has 134 valence electrons. The lowest BCUT2D eigenvalue weighted by Crippen LogP contribution is -2.28. The number of amides is 3. The highest BCUT2D eigenvalue weighted by molar-refractivity contribution is 6.20. The maximum absolute atomic E-state index is 12.3. The van der Waals surface area contributed by atoms with Crippen molar-refractivity contribution in [1.82, 2.24) is 15.2 Å². The second-order valence-corrected chi connectivity index (χ2v) is 5.75. The Kier molecular flexibility index (Phi) is 4.17. The van der Waals surface area contributed by atoms with Crippen molar-refractivity contribution in [2.45, 2.75) is 12.8 Å². The maximum Gasteiger partial charge on any atom is 0.322 e. The monoisotopic (exact) mass is 363 g/mol. The van der Waals surface area contributed by atoms with Gasteiger partial charge in [0, 0.05) is 24.6 Å². The van der Waals surface area contributed by atoms with Gasteiger partial charge in [-0.3, -0.25) is 29.6 Å². The van der Waals surface area contributed by atoms with Crippen molar-refractivity contribution in [1.29, 1.82) is 0 Å². The Morgan fingerprint density at radius 3 is 2.41 bits per heavy atom. The Hall–Kier alpha value is -3.88. The summed E-state index contributed by atoms with van der Waals surface area (Å²) in [4.78, 5) is 41.0. The summed E-state index contributed by atoms with van der Waals surface area (Å²) in [5, 5.41) is 10.1. The number of carbonyl (C=O) groups is 3. The summed E-state index contributed by atoms with van der Waals surface area (Å²) in [6, 6.07) is 11.3. The lowest BCUT2D eigenvalue weighted by atomic mass is 10.2. The Morgan fingerprint density at radius 2 is 1.74 bits per heavy atom. The van der Waals surface area contributed by atoms with Crippen molar-refractivity contribution in [3.63, 3.8) is 0 Å². The second-order valence-electron chi connectivity index (χ2n) is 5.75. The first kappa shape index (κ1) is 16.6. The van der Waals surface area contributed by atoms with Crippen molar-refractivity contribution in [3.8, 4) is 11.6 Å². The Balaban J connectivity index is 1.47. The molecule has 0 atom stereocenters. The number of hydrogen-bond donors (Lipinski definition) is 1. The summed E-state index contributed by atoms with van der Waals surface area (Å²) in [6.45, 7) is 0. The molecule has 0 saturated carbocycles. The third-order valence-electron chi connectivity index (χ3n) is 3.97. The first-order valence-corrected chi connectivity index (χ1v) is 8.14. The molecule has 9 nitrogen and oxygen atoms in total. The zero-order valence-corrected chi connectivity index (χ0v) is 14.0. The quantitative estimate of drug-likeness (QED) is 0.705. The predicted octanol–water partition coefficient (Wildman–Crippen LogP) is 2.04. The van der Waals surface area contributed by atoms with Crippen LogP contribution in [-0.2, 0) is 9.59 Å². The Labute approximate surface area is 153 Å². The summed E-state index contributed by atoms with van der Waals surface area (Å²) in [6.07, 6.45) is 2.00. The first-order chi connectivity index (χ1) is 13.1.